The molecule has 0 amide bonds. The van der Waals surface area contributed by atoms with E-state index in [0.717, 1.165) is 25.2 Å². The lowest BCUT2D eigenvalue weighted by Crippen LogP contribution is -2.52. The Morgan fingerprint density at radius 1 is 1.29 bits per heavy atom. The lowest BCUT2D eigenvalue weighted by molar-refractivity contribution is -0.137. The fraction of sp³-hybridized carbons (Fsp3) is 0.600. The van der Waals surface area contributed by atoms with Crippen molar-refractivity contribution >= 4 is 23.1 Å². The molecular weight excluding hydrogens is 341 g/mol. The summed E-state index contributed by atoms with van der Waals surface area (Å²) in [5.41, 5.74) is -0.730. The maximum atomic E-state index is 12.6. The summed E-state index contributed by atoms with van der Waals surface area (Å²) >= 11 is 5.35. The molecule has 2 heterocycles. The van der Waals surface area contributed by atoms with Gasteiger partial charge in [0.05, 0.1) is 5.56 Å². The van der Waals surface area contributed by atoms with Crippen LogP contribution in [0.15, 0.2) is 18.3 Å². The molecule has 0 bridgehead atoms. The Hall–Kier alpha value is -1.61. The van der Waals surface area contributed by atoms with Crippen molar-refractivity contribution in [3.8, 4) is 0 Å². The highest BCUT2D eigenvalue weighted by Gasteiger charge is 2.31. The summed E-state index contributed by atoms with van der Waals surface area (Å²) < 4.78 is 42.7. The summed E-state index contributed by atoms with van der Waals surface area (Å²) in [5.74, 6) is 0.557. The molecule has 5 nitrogen and oxygen atoms in total. The second kappa shape index (κ2) is 8.48. The van der Waals surface area contributed by atoms with E-state index in [9.17, 15) is 13.2 Å². The third-order valence-electron chi connectivity index (χ3n) is 3.77. The van der Waals surface area contributed by atoms with Crippen molar-refractivity contribution in [2.75, 3.05) is 51.3 Å². The normalized spacial score (nSPS) is 15.5. The minimum Gasteiger partial charge on any atom is -0.385 e. The zero-order valence-electron chi connectivity index (χ0n) is 13.5. The number of hydrogen-bond acceptors (Lipinski definition) is 4. The second-order valence-corrected chi connectivity index (χ2v) is 5.84. The number of rotatable bonds is 5. The third kappa shape index (κ3) is 5.20. The highest BCUT2D eigenvalue weighted by atomic mass is 32.1. The van der Waals surface area contributed by atoms with Gasteiger partial charge in [-0.3, -0.25) is 0 Å². The van der Waals surface area contributed by atoms with E-state index < -0.39 is 11.7 Å². The largest absolute Gasteiger partial charge is 0.417 e. The van der Waals surface area contributed by atoms with E-state index in [4.69, 9.17) is 17.0 Å². The zero-order valence-corrected chi connectivity index (χ0v) is 14.3. The van der Waals surface area contributed by atoms with Crippen molar-refractivity contribution in [2.24, 2.45) is 0 Å². The number of ether oxygens (including phenoxy) is 1. The number of pyridine rings is 1. The van der Waals surface area contributed by atoms with Crippen molar-refractivity contribution in [2.45, 2.75) is 12.6 Å². The quantitative estimate of drug-likeness (QED) is 0.639. The smallest absolute Gasteiger partial charge is 0.385 e. The zero-order chi connectivity index (χ0) is 17.6. The number of methoxy groups -OCH3 is 1. The molecule has 1 aliphatic heterocycles. The molecule has 0 aromatic carbocycles. The van der Waals surface area contributed by atoms with E-state index in [1.807, 2.05) is 4.90 Å². The van der Waals surface area contributed by atoms with Crippen LogP contribution in [0.1, 0.15) is 12.0 Å². The molecule has 1 N–H and O–H groups in total. The van der Waals surface area contributed by atoms with Crippen LogP contribution in [0.5, 0.6) is 0 Å². The summed E-state index contributed by atoms with van der Waals surface area (Å²) in [7, 11) is 1.66. The monoisotopic (exact) mass is 362 g/mol. The van der Waals surface area contributed by atoms with Gasteiger partial charge < -0.3 is 19.9 Å². The van der Waals surface area contributed by atoms with Crippen LogP contribution in [-0.4, -0.2) is 61.4 Å². The van der Waals surface area contributed by atoms with Crippen LogP contribution in [0.2, 0.25) is 0 Å². The minimum absolute atomic E-state index is 0.557. The van der Waals surface area contributed by atoms with Gasteiger partial charge in [-0.2, -0.15) is 13.2 Å². The Labute approximate surface area is 144 Å². The molecule has 0 saturated carbocycles. The van der Waals surface area contributed by atoms with Gasteiger partial charge >= 0.3 is 6.18 Å². The van der Waals surface area contributed by atoms with Crippen LogP contribution in [0.25, 0.3) is 0 Å². The summed E-state index contributed by atoms with van der Waals surface area (Å²) in [6.45, 7) is 4.18. The molecule has 1 aromatic heterocycles. The van der Waals surface area contributed by atoms with Crippen LogP contribution in [0.4, 0.5) is 19.0 Å². The van der Waals surface area contributed by atoms with Crippen LogP contribution in [0.3, 0.4) is 0 Å². The molecule has 134 valence electrons. The number of hydrogen-bond donors (Lipinski definition) is 1. The number of halogens is 3. The summed E-state index contributed by atoms with van der Waals surface area (Å²) in [5, 5.41) is 3.88. The van der Waals surface area contributed by atoms with Gasteiger partial charge in [0, 0.05) is 52.6 Å². The fourth-order valence-electron chi connectivity index (χ4n) is 2.40. The maximum absolute atomic E-state index is 12.6. The Morgan fingerprint density at radius 3 is 2.54 bits per heavy atom. The van der Waals surface area contributed by atoms with Gasteiger partial charge in [0.25, 0.3) is 0 Å². The molecule has 9 heteroatoms. The van der Waals surface area contributed by atoms with Crippen molar-refractivity contribution < 1.29 is 17.9 Å². The Kier molecular flexibility index (Phi) is 6.61. The highest BCUT2D eigenvalue weighted by molar-refractivity contribution is 7.80. The summed E-state index contributed by atoms with van der Waals surface area (Å²) in [6, 6.07) is 2.48. The second-order valence-electron chi connectivity index (χ2n) is 5.46. The van der Waals surface area contributed by atoms with Crippen molar-refractivity contribution in [3.63, 3.8) is 0 Å². The fourth-order valence-corrected chi connectivity index (χ4v) is 2.69. The molecule has 0 unspecified atom stereocenters. The van der Waals surface area contributed by atoms with Crippen molar-refractivity contribution in [1.82, 2.24) is 15.2 Å². The van der Waals surface area contributed by atoms with E-state index in [2.05, 4.69) is 15.2 Å². The Balaban J connectivity index is 1.81. The number of thiocarbonyl (C=S) groups is 1. The first-order chi connectivity index (χ1) is 11.4. The van der Waals surface area contributed by atoms with Gasteiger partial charge in [-0.15, -0.1) is 0 Å². The standard InChI is InChI=1S/C15H21F3N4OS/c1-23-10-2-5-19-14(24)22-8-6-21(7-9-22)13-4-3-12(11-20-13)15(16,17)18/h3-4,11H,2,5-10H2,1H3,(H,19,24). The van der Waals surface area contributed by atoms with E-state index >= 15 is 0 Å². The molecular formula is C15H21F3N4OS. The maximum Gasteiger partial charge on any atom is 0.417 e. The van der Waals surface area contributed by atoms with Crippen LogP contribution in [0, 0.1) is 0 Å². The number of nitrogens with zero attached hydrogens (tertiary/aromatic N) is 3. The van der Waals surface area contributed by atoms with Crippen molar-refractivity contribution in [1.29, 1.82) is 0 Å². The molecule has 0 atom stereocenters. The van der Waals surface area contributed by atoms with E-state index in [0.29, 0.717) is 43.7 Å². The lowest BCUT2D eigenvalue weighted by Gasteiger charge is -2.36. The molecule has 24 heavy (non-hydrogen) atoms. The lowest BCUT2D eigenvalue weighted by atomic mass is 10.2. The predicted molar refractivity (Wildman–Crippen MR) is 90.1 cm³/mol. The Morgan fingerprint density at radius 2 is 2.00 bits per heavy atom. The number of alkyl halides is 3. The molecule has 1 aliphatic rings. The molecule has 1 saturated heterocycles. The van der Waals surface area contributed by atoms with Crippen LogP contribution < -0.4 is 10.2 Å². The molecule has 0 radical (unpaired) electrons. The molecule has 2 rings (SSSR count). The number of anilines is 1. The van der Waals surface area contributed by atoms with Gasteiger partial charge in [0.1, 0.15) is 5.82 Å². The summed E-state index contributed by atoms with van der Waals surface area (Å²) in [6.07, 6.45) is -2.60. The van der Waals surface area contributed by atoms with Gasteiger partial charge in [-0.05, 0) is 30.8 Å². The molecule has 0 aliphatic carbocycles. The molecule has 1 aromatic rings. The van der Waals surface area contributed by atoms with Crippen LogP contribution in [-0.2, 0) is 10.9 Å². The Bertz CT molecular complexity index is 531. The molecule has 0 spiro atoms. The van der Waals surface area contributed by atoms with Crippen LogP contribution >= 0.6 is 12.2 Å². The first-order valence-corrected chi connectivity index (χ1v) is 8.12. The average Bonchev–Trinajstić information content (AvgIpc) is 2.58. The number of piperazine rings is 1. The SMILES string of the molecule is COCCCNC(=S)N1CCN(c2ccc(C(F)(F)F)cn2)CC1. The minimum atomic E-state index is -4.36. The predicted octanol–water partition coefficient (Wildman–Crippen LogP) is 2.13. The van der Waals surface area contributed by atoms with Gasteiger partial charge in [-0.25, -0.2) is 4.98 Å². The average molecular weight is 362 g/mol. The first kappa shape index (κ1) is 18.7. The third-order valence-corrected chi connectivity index (χ3v) is 4.17. The first-order valence-electron chi connectivity index (χ1n) is 7.71. The van der Waals surface area contributed by atoms with E-state index in [-0.39, 0.29) is 0 Å². The van der Waals surface area contributed by atoms with E-state index in [1.165, 1.54) is 6.07 Å². The number of nitrogens with one attached hydrogen (secondary N) is 1. The topological polar surface area (TPSA) is 40.6 Å². The summed E-state index contributed by atoms with van der Waals surface area (Å²) in [4.78, 5) is 7.95. The molecule has 1 fully saturated rings. The van der Waals surface area contributed by atoms with Gasteiger partial charge in [0.2, 0.25) is 0 Å². The van der Waals surface area contributed by atoms with Gasteiger partial charge in [-0.1, -0.05) is 0 Å². The van der Waals surface area contributed by atoms with E-state index in [1.54, 1.807) is 7.11 Å². The number of aromatic nitrogens is 1. The van der Waals surface area contributed by atoms with Gasteiger partial charge in [0.15, 0.2) is 5.11 Å². The highest BCUT2D eigenvalue weighted by Crippen LogP contribution is 2.29. The van der Waals surface area contributed by atoms with Crippen molar-refractivity contribution in [3.05, 3.63) is 23.9 Å².